The molecule has 0 saturated carbocycles. The lowest BCUT2D eigenvalue weighted by Gasteiger charge is -2.04. The third kappa shape index (κ3) is 2.07. The smallest absolute Gasteiger partial charge is 0.183 e. The molecule has 4 nitrogen and oxygen atoms in total. The summed E-state index contributed by atoms with van der Waals surface area (Å²) in [5.74, 6) is 0.810. The van der Waals surface area contributed by atoms with Gasteiger partial charge in [-0.2, -0.15) is 0 Å². The fourth-order valence-electron chi connectivity index (χ4n) is 1.39. The molecule has 5 heteroatoms. The molecule has 0 saturated heterocycles. The predicted molar refractivity (Wildman–Crippen MR) is 61.2 cm³/mol. The van der Waals surface area contributed by atoms with Crippen LogP contribution in [0.2, 0.25) is 0 Å². The first-order valence-corrected chi connectivity index (χ1v) is 5.61. The Labute approximate surface area is 96.5 Å². The molecule has 0 aliphatic heterocycles. The van der Waals surface area contributed by atoms with E-state index in [9.17, 15) is 0 Å². The Morgan fingerprint density at radius 3 is 3.07 bits per heavy atom. The Balaban J connectivity index is 2.45. The van der Waals surface area contributed by atoms with Crippen molar-refractivity contribution in [2.24, 2.45) is 0 Å². The van der Waals surface area contributed by atoms with Gasteiger partial charge in [0, 0.05) is 17.2 Å². The molecule has 2 aromatic rings. The lowest BCUT2D eigenvalue weighted by molar-refractivity contribution is 0.681. The van der Waals surface area contributed by atoms with Crippen molar-refractivity contribution in [3.8, 4) is 11.5 Å². The zero-order valence-corrected chi connectivity index (χ0v) is 9.98. The minimum Gasteiger partial charge on any atom is -0.312 e. The molecule has 0 unspecified atom stereocenters. The SMILES string of the molecule is CCCn1cnnc1-c1ncccc1Br. The Hall–Kier alpha value is -1.23. The summed E-state index contributed by atoms with van der Waals surface area (Å²) in [5.41, 5.74) is 0.837. The molecule has 0 atom stereocenters. The summed E-state index contributed by atoms with van der Waals surface area (Å²) >= 11 is 3.46. The molecule has 0 aliphatic rings. The number of rotatable bonds is 3. The van der Waals surface area contributed by atoms with Crippen LogP contribution >= 0.6 is 15.9 Å². The Morgan fingerprint density at radius 2 is 2.33 bits per heavy atom. The van der Waals surface area contributed by atoms with E-state index in [0.29, 0.717) is 0 Å². The number of aryl methyl sites for hydroxylation is 1. The highest BCUT2D eigenvalue weighted by Gasteiger charge is 2.10. The summed E-state index contributed by atoms with van der Waals surface area (Å²) in [5, 5.41) is 8.00. The third-order valence-corrected chi connectivity index (χ3v) is 2.69. The highest BCUT2D eigenvalue weighted by atomic mass is 79.9. The first kappa shape index (κ1) is 10.3. The van der Waals surface area contributed by atoms with Crippen molar-refractivity contribution in [3.63, 3.8) is 0 Å². The quantitative estimate of drug-likeness (QED) is 0.858. The van der Waals surface area contributed by atoms with Crippen molar-refractivity contribution in [3.05, 3.63) is 29.1 Å². The van der Waals surface area contributed by atoms with Crippen molar-refractivity contribution < 1.29 is 0 Å². The van der Waals surface area contributed by atoms with Crippen LogP contribution in [0.1, 0.15) is 13.3 Å². The maximum Gasteiger partial charge on any atom is 0.183 e. The van der Waals surface area contributed by atoms with Crippen LogP contribution in [0.25, 0.3) is 11.5 Å². The van der Waals surface area contributed by atoms with E-state index >= 15 is 0 Å². The van der Waals surface area contributed by atoms with Gasteiger partial charge in [-0.05, 0) is 34.5 Å². The fourth-order valence-corrected chi connectivity index (χ4v) is 1.83. The van der Waals surface area contributed by atoms with Gasteiger partial charge >= 0.3 is 0 Å². The zero-order chi connectivity index (χ0) is 10.7. The topological polar surface area (TPSA) is 43.6 Å². The number of hydrogen-bond acceptors (Lipinski definition) is 3. The molecule has 0 N–H and O–H groups in total. The number of halogens is 1. The van der Waals surface area contributed by atoms with Crippen LogP contribution in [0.4, 0.5) is 0 Å². The lowest BCUT2D eigenvalue weighted by atomic mass is 10.3. The monoisotopic (exact) mass is 266 g/mol. The average molecular weight is 267 g/mol. The van der Waals surface area contributed by atoms with Crippen molar-refractivity contribution in [1.82, 2.24) is 19.7 Å². The van der Waals surface area contributed by atoms with Gasteiger partial charge in [0.2, 0.25) is 0 Å². The van der Waals surface area contributed by atoms with Gasteiger partial charge in [-0.15, -0.1) is 10.2 Å². The fraction of sp³-hybridized carbons (Fsp3) is 0.300. The molecule has 0 fully saturated rings. The van der Waals surface area contributed by atoms with Gasteiger partial charge in [-0.25, -0.2) is 0 Å². The highest BCUT2D eigenvalue weighted by molar-refractivity contribution is 9.10. The molecule has 0 bridgehead atoms. The first-order chi connectivity index (χ1) is 7.33. The van der Waals surface area contributed by atoms with E-state index < -0.39 is 0 Å². The lowest BCUT2D eigenvalue weighted by Crippen LogP contribution is -2.00. The van der Waals surface area contributed by atoms with E-state index in [0.717, 1.165) is 29.0 Å². The predicted octanol–water partition coefficient (Wildman–Crippen LogP) is 2.51. The van der Waals surface area contributed by atoms with Crippen LogP contribution < -0.4 is 0 Å². The van der Waals surface area contributed by atoms with Crippen molar-refractivity contribution in [1.29, 1.82) is 0 Å². The molecule has 0 amide bonds. The van der Waals surface area contributed by atoms with Crippen LogP contribution in [-0.4, -0.2) is 19.7 Å². The molecule has 15 heavy (non-hydrogen) atoms. The van der Waals surface area contributed by atoms with E-state index in [2.05, 4.69) is 38.0 Å². The summed E-state index contributed by atoms with van der Waals surface area (Å²) in [6.07, 6.45) is 4.54. The zero-order valence-electron chi connectivity index (χ0n) is 8.39. The van der Waals surface area contributed by atoms with E-state index in [4.69, 9.17) is 0 Å². The van der Waals surface area contributed by atoms with Gasteiger partial charge in [-0.3, -0.25) is 4.98 Å². The van der Waals surface area contributed by atoms with Crippen LogP contribution in [0.15, 0.2) is 29.1 Å². The van der Waals surface area contributed by atoms with Gasteiger partial charge in [0.15, 0.2) is 5.82 Å². The largest absolute Gasteiger partial charge is 0.312 e. The summed E-state index contributed by atoms with van der Waals surface area (Å²) in [7, 11) is 0. The second kappa shape index (κ2) is 4.53. The molecular formula is C10H11BrN4. The molecule has 0 spiro atoms. The van der Waals surface area contributed by atoms with Crippen LogP contribution in [-0.2, 0) is 6.54 Å². The molecule has 0 aliphatic carbocycles. The van der Waals surface area contributed by atoms with Crippen molar-refractivity contribution in [2.45, 2.75) is 19.9 Å². The molecular weight excluding hydrogens is 256 g/mol. The Morgan fingerprint density at radius 1 is 1.47 bits per heavy atom. The Kier molecular flexibility index (Phi) is 3.11. The standard InChI is InChI=1S/C10H11BrN4/c1-2-6-15-7-13-14-10(15)9-8(11)4-3-5-12-9/h3-5,7H,2,6H2,1H3. The van der Waals surface area contributed by atoms with Gasteiger partial charge < -0.3 is 4.57 Å². The number of aromatic nitrogens is 4. The van der Waals surface area contributed by atoms with E-state index in [1.54, 1.807) is 12.5 Å². The third-order valence-electron chi connectivity index (χ3n) is 2.05. The van der Waals surface area contributed by atoms with Crippen LogP contribution in [0.5, 0.6) is 0 Å². The van der Waals surface area contributed by atoms with Gasteiger partial charge in [0.05, 0.1) is 0 Å². The molecule has 0 aromatic carbocycles. The number of nitrogens with zero attached hydrogens (tertiary/aromatic N) is 4. The van der Waals surface area contributed by atoms with Crippen LogP contribution in [0, 0.1) is 0 Å². The van der Waals surface area contributed by atoms with E-state index in [1.807, 2.05) is 16.7 Å². The number of hydrogen-bond donors (Lipinski definition) is 0. The van der Waals surface area contributed by atoms with Crippen molar-refractivity contribution in [2.75, 3.05) is 0 Å². The highest BCUT2D eigenvalue weighted by Crippen LogP contribution is 2.23. The van der Waals surface area contributed by atoms with Gasteiger partial charge in [0.25, 0.3) is 0 Å². The van der Waals surface area contributed by atoms with E-state index in [-0.39, 0.29) is 0 Å². The first-order valence-electron chi connectivity index (χ1n) is 4.81. The molecule has 2 rings (SSSR count). The molecule has 2 heterocycles. The average Bonchev–Trinajstić information content (AvgIpc) is 2.67. The normalized spacial score (nSPS) is 10.5. The van der Waals surface area contributed by atoms with Crippen molar-refractivity contribution >= 4 is 15.9 Å². The Bertz CT molecular complexity index is 452. The van der Waals surface area contributed by atoms with Gasteiger partial charge in [-0.1, -0.05) is 6.92 Å². The van der Waals surface area contributed by atoms with Gasteiger partial charge in [0.1, 0.15) is 12.0 Å². The molecule has 0 radical (unpaired) electrons. The summed E-state index contributed by atoms with van der Waals surface area (Å²) in [6, 6.07) is 3.83. The minimum atomic E-state index is 0.810. The summed E-state index contributed by atoms with van der Waals surface area (Å²) in [6.45, 7) is 3.03. The number of pyridine rings is 1. The molecule has 78 valence electrons. The maximum atomic E-state index is 4.29. The second-order valence-electron chi connectivity index (χ2n) is 3.18. The second-order valence-corrected chi connectivity index (χ2v) is 4.04. The summed E-state index contributed by atoms with van der Waals surface area (Å²) in [4.78, 5) is 4.29. The minimum absolute atomic E-state index is 0.810. The van der Waals surface area contributed by atoms with Crippen LogP contribution in [0.3, 0.4) is 0 Å². The molecule has 2 aromatic heterocycles. The maximum absolute atomic E-state index is 4.29. The van der Waals surface area contributed by atoms with E-state index in [1.165, 1.54) is 0 Å². The summed E-state index contributed by atoms with van der Waals surface area (Å²) < 4.78 is 2.95.